The van der Waals surface area contributed by atoms with Crippen LogP contribution in [0.2, 0.25) is 10.0 Å². The fraction of sp³-hybridized carbons (Fsp3) is 0.381. The van der Waals surface area contributed by atoms with E-state index in [1.807, 2.05) is 19.9 Å². The number of carbonyl (C=O) groups excluding carboxylic acids is 1. The van der Waals surface area contributed by atoms with Crippen molar-refractivity contribution >= 4 is 39.1 Å². The van der Waals surface area contributed by atoms with Crippen LogP contribution in [0.3, 0.4) is 0 Å². The molecule has 1 heterocycles. The van der Waals surface area contributed by atoms with Gasteiger partial charge in [-0.1, -0.05) is 55.2 Å². The average molecular weight is 471 g/mol. The number of nitrogens with zero attached hydrogens (tertiary/aromatic N) is 1. The predicted octanol–water partition coefficient (Wildman–Crippen LogP) is 3.72. The first-order chi connectivity index (χ1) is 14.1. The van der Waals surface area contributed by atoms with Crippen LogP contribution in [0.15, 0.2) is 47.4 Å². The maximum absolute atomic E-state index is 13.1. The number of nitrogens with one attached hydrogen (secondary N) is 1. The summed E-state index contributed by atoms with van der Waals surface area (Å²) < 4.78 is 32.7. The molecule has 0 aliphatic carbocycles. The Balaban J connectivity index is 1.80. The Labute approximate surface area is 187 Å². The zero-order chi connectivity index (χ0) is 21.9. The number of hydrogen-bond donors (Lipinski definition) is 1. The van der Waals surface area contributed by atoms with Gasteiger partial charge in [-0.15, -0.1) is 0 Å². The van der Waals surface area contributed by atoms with Crippen molar-refractivity contribution in [1.29, 1.82) is 0 Å². The minimum Gasteiger partial charge on any atom is -0.379 e. The van der Waals surface area contributed by atoms with E-state index in [1.54, 1.807) is 24.3 Å². The molecule has 1 aliphatic rings. The van der Waals surface area contributed by atoms with Crippen LogP contribution in [-0.2, 0) is 20.2 Å². The highest BCUT2D eigenvalue weighted by atomic mass is 35.5. The van der Waals surface area contributed by atoms with Crippen molar-refractivity contribution in [3.05, 3.63) is 63.6 Å². The number of morpholine rings is 1. The molecule has 6 nitrogen and oxygen atoms in total. The molecule has 0 bridgehead atoms. The van der Waals surface area contributed by atoms with Crippen LogP contribution in [0.5, 0.6) is 0 Å². The number of hydrogen-bond acceptors (Lipinski definition) is 4. The van der Waals surface area contributed by atoms with E-state index in [0.717, 1.165) is 5.56 Å². The lowest BCUT2D eigenvalue weighted by Gasteiger charge is -2.28. The van der Waals surface area contributed by atoms with Gasteiger partial charge in [0, 0.05) is 25.0 Å². The highest BCUT2D eigenvalue weighted by Crippen LogP contribution is 2.30. The molecule has 162 valence electrons. The molecule has 1 amide bonds. The zero-order valence-corrected chi connectivity index (χ0v) is 19.1. The van der Waals surface area contributed by atoms with E-state index in [1.165, 1.54) is 16.4 Å². The van der Waals surface area contributed by atoms with Crippen LogP contribution in [0.1, 0.15) is 29.8 Å². The molecule has 0 aromatic heterocycles. The van der Waals surface area contributed by atoms with E-state index in [0.29, 0.717) is 23.3 Å². The third-order valence-electron chi connectivity index (χ3n) is 5.11. The second-order valence-electron chi connectivity index (χ2n) is 7.71. The maximum atomic E-state index is 13.1. The third-order valence-corrected chi connectivity index (χ3v) is 7.81. The highest BCUT2D eigenvalue weighted by molar-refractivity contribution is 7.89. The normalized spacial score (nSPS) is 15.7. The fourth-order valence-electron chi connectivity index (χ4n) is 3.22. The van der Waals surface area contributed by atoms with Gasteiger partial charge >= 0.3 is 0 Å². The SMILES string of the molecule is CC(C)(CNC(=O)c1ccccc1S(=O)(=O)N1CCOCC1)c1ccc(Cl)c(Cl)c1. The predicted molar refractivity (Wildman–Crippen MR) is 118 cm³/mol. The van der Waals surface area contributed by atoms with E-state index >= 15 is 0 Å². The smallest absolute Gasteiger partial charge is 0.252 e. The first kappa shape index (κ1) is 23.0. The van der Waals surface area contributed by atoms with Crippen LogP contribution in [0, 0.1) is 0 Å². The van der Waals surface area contributed by atoms with Gasteiger partial charge in [0.2, 0.25) is 10.0 Å². The van der Waals surface area contributed by atoms with Crippen molar-refractivity contribution in [3.8, 4) is 0 Å². The quantitative estimate of drug-likeness (QED) is 0.697. The molecule has 1 fully saturated rings. The second-order valence-corrected chi connectivity index (χ2v) is 10.4. The number of halogens is 2. The lowest BCUT2D eigenvalue weighted by Crippen LogP contribution is -2.42. The Morgan fingerprint density at radius 3 is 2.43 bits per heavy atom. The van der Waals surface area contributed by atoms with Gasteiger partial charge < -0.3 is 10.1 Å². The zero-order valence-electron chi connectivity index (χ0n) is 16.8. The molecule has 1 N–H and O–H groups in total. The van der Waals surface area contributed by atoms with E-state index in [-0.39, 0.29) is 30.1 Å². The van der Waals surface area contributed by atoms with Crippen LogP contribution in [0.25, 0.3) is 0 Å². The van der Waals surface area contributed by atoms with E-state index in [4.69, 9.17) is 27.9 Å². The summed E-state index contributed by atoms with van der Waals surface area (Å²) in [5, 5.41) is 3.77. The Bertz CT molecular complexity index is 1040. The van der Waals surface area contributed by atoms with Gasteiger partial charge in [0.15, 0.2) is 0 Å². The van der Waals surface area contributed by atoms with E-state index in [2.05, 4.69) is 5.32 Å². The molecule has 1 aliphatic heterocycles. The summed E-state index contributed by atoms with van der Waals surface area (Å²) in [6.07, 6.45) is 0. The van der Waals surface area contributed by atoms with Gasteiger partial charge in [-0.05, 0) is 29.8 Å². The van der Waals surface area contributed by atoms with Gasteiger partial charge in [-0.3, -0.25) is 4.79 Å². The summed E-state index contributed by atoms with van der Waals surface area (Å²) in [5.74, 6) is -0.449. The molecule has 0 saturated carbocycles. The van der Waals surface area contributed by atoms with Crippen molar-refractivity contribution in [2.45, 2.75) is 24.2 Å². The lowest BCUT2D eigenvalue weighted by molar-refractivity contribution is 0.0729. The van der Waals surface area contributed by atoms with Crippen molar-refractivity contribution in [2.24, 2.45) is 0 Å². The minimum absolute atomic E-state index is 0.00302. The monoisotopic (exact) mass is 470 g/mol. The molecule has 0 atom stereocenters. The molecule has 0 spiro atoms. The van der Waals surface area contributed by atoms with E-state index < -0.39 is 21.3 Å². The molecular weight excluding hydrogens is 447 g/mol. The molecule has 2 aromatic rings. The maximum Gasteiger partial charge on any atom is 0.252 e. The number of amides is 1. The first-order valence-electron chi connectivity index (χ1n) is 9.53. The molecule has 2 aromatic carbocycles. The van der Waals surface area contributed by atoms with Crippen LogP contribution in [0.4, 0.5) is 0 Å². The molecular formula is C21H24Cl2N2O4S. The third kappa shape index (κ3) is 4.98. The van der Waals surface area contributed by atoms with E-state index in [9.17, 15) is 13.2 Å². The number of rotatable bonds is 6. The van der Waals surface area contributed by atoms with Gasteiger partial charge in [0.25, 0.3) is 5.91 Å². The Hall–Kier alpha value is -1.64. The standard InChI is InChI=1S/C21H24Cl2N2O4S/c1-21(2,15-7-8-17(22)18(23)13-15)14-24-20(26)16-5-3-4-6-19(16)30(27,28)25-9-11-29-12-10-25/h3-8,13H,9-12,14H2,1-2H3,(H,24,26). The van der Waals surface area contributed by atoms with Gasteiger partial charge in [0.1, 0.15) is 0 Å². The minimum atomic E-state index is -3.79. The summed E-state index contributed by atoms with van der Waals surface area (Å²) in [7, 11) is -3.79. The van der Waals surface area contributed by atoms with Crippen molar-refractivity contribution in [1.82, 2.24) is 9.62 Å². The largest absolute Gasteiger partial charge is 0.379 e. The van der Waals surface area contributed by atoms with Crippen molar-refractivity contribution in [2.75, 3.05) is 32.8 Å². The molecule has 30 heavy (non-hydrogen) atoms. The second kappa shape index (κ2) is 9.24. The first-order valence-corrected chi connectivity index (χ1v) is 11.7. The molecule has 9 heteroatoms. The van der Waals surface area contributed by atoms with Crippen LogP contribution < -0.4 is 5.32 Å². The van der Waals surface area contributed by atoms with Crippen LogP contribution in [-0.4, -0.2) is 51.5 Å². The molecule has 3 rings (SSSR count). The van der Waals surface area contributed by atoms with Crippen LogP contribution >= 0.6 is 23.2 Å². The number of sulfonamides is 1. The molecule has 0 radical (unpaired) electrons. The van der Waals surface area contributed by atoms with Gasteiger partial charge in [-0.25, -0.2) is 8.42 Å². The summed E-state index contributed by atoms with van der Waals surface area (Å²) in [6, 6.07) is 11.6. The lowest BCUT2D eigenvalue weighted by atomic mass is 9.84. The number of carbonyl (C=O) groups is 1. The highest BCUT2D eigenvalue weighted by Gasteiger charge is 2.30. The van der Waals surface area contributed by atoms with Crippen molar-refractivity contribution < 1.29 is 17.9 Å². The average Bonchev–Trinajstić information content (AvgIpc) is 2.74. The topological polar surface area (TPSA) is 75.7 Å². The van der Waals surface area contributed by atoms with Gasteiger partial charge in [-0.2, -0.15) is 4.31 Å². The Morgan fingerprint density at radius 2 is 1.77 bits per heavy atom. The number of ether oxygens (including phenoxy) is 1. The summed E-state index contributed by atoms with van der Waals surface area (Å²) >= 11 is 12.1. The number of benzene rings is 2. The summed E-state index contributed by atoms with van der Waals surface area (Å²) in [5.41, 5.74) is 0.586. The summed E-state index contributed by atoms with van der Waals surface area (Å²) in [4.78, 5) is 12.9. The molecule has 1 saturated heterocycles. The summed E-state index contributed by atoms with van der Waals surface area (Å²) in [6.45, 7) is 5.42. The van der Waals surface area contributed by atoms with Crippen molar-refractivity contribution in [3.63, 3.8) is 0 Å². The Morgan fingerprint density at radius 1 is 1.10 bits per heavy atom. The van der Waals surface area contributed by atoms with Gasteiger partial charge in [0.05, 0.1) is 33.7 Å². The molecule has 0 unspecified atom stereocenters. The Kier molecular flexibility index (Phi) is 7.09. The fourth-order valence-corrected chi connectivity index (χ4v) is 5.12.